The molecular formula is C22H20F2N4O2. The van der Waals surface area contributed by atoms with Crippen LogP contribution in [0.1, 0.15) is 18.1 Å². The first-order valence-electron chi connectivity index (χ1n) is 9.27. The highest BCUT2D eigenvalue weighted by molar-refractivity contribution is 5.92. The van der Waals surface area contributed by atoms with Crippen LogP contribution in [0.4, 0.5) is 14.5 Å². The number of aryl methyl sites for hydroxylation is 1. The molecule has 8 heteroatoms. The van der Waals surface area contributed by atoms with Gasteiger partial charge in [-0.05, 0) is 48.4 Å². The van der Waals surface area contributed by atoms with Crippen molar-refractivity contribution in [3.05, 3.63) is 71.6 Å². The maximum atomic E-state index is 14.2. The number of nitrogens with one attached hydrogen (secondary N) is 1. The SMILES string of the molecule is Cc1cc(NC(=O)[C@H](C)C(O)Cn2cc(-c3ccc(F)cc3)c(F)n2)ccc1C#N. The molecular weight excluding hydrogens is 390 g/mol. The van der Waals surface area contributed by atoms with Gasteiger partial charge in [-0.2, -0.15) is 9.65 Å². The van der Waals surface area contributed by atoms with E-state index in [0.29, 0.717) is 16.8 Å². The first-order valence-corrected chi connectivity index (χ1v) is 9.27. The summed E-state index contributed by atoms with van der Waals surface area (Å²) in [5, 5.41) is 25.8. The number of aliphatic hydroxyl groups excluding tert-OH is 1. The second kappa shape index (κ2) is 8.84. The van der Waals surface area contributed by atoms with Crippen LogP contribution in [-0.2, 0) is 11.3 Å². The summed E-state index contributed by atoms with van der Waals surface area (Å²) in [5.74, 6) is -2.40. The molecule has 0 aliphatic rings. The number of hydrogen-bond acceptors (Lipinski definition) is 4. The molecule has 0 bridgehead atoms. The topological polar surface area (TPSA) is 90.9 Å². The van der Waals surface area contributed by atoms with E-state index in [9.17, 15) is 18.7 Å². The van der Waals surface area contributed by atoms with Crippen molar-refractivity contribution in [2.45, 2.75) is 26.5 Å². The van der Waals surface area contributed by atoms with Crippen LogP contribution in [0.2, 0.25) is 0 Å². The number of amides is 1. The van der Waals surface area contributed by atoms with Crippen molar-refractivity contribution < 1.29 is 18.7 Å². The Kier molecular flexibility index (Phi) is 6.23. The molecule has 1 heterocycles. The quantitative estimate of drug-likeness (QED) is 0.649. The maximum Gasteiger partial charge on any atom is 0.240 e. The van der Waals surface area contributed by atoms with Crippen molar-refractivity contribution in [1.29, 1.82) is 5.26 Å². The Balaban J connectivity index is 1.66. The molecule has 1 unspecified atom stereocenters. The summed E-state index contributed by atoms with van der Waals surface area (Å²) in [4.78, 5) is 12.5. The van der Waals surface area contributed by atoms with Crippen molar-refractivity contribution in [2.24, 2.45) is 5.92 Å². The van der Waals surface area contributed by atoms with E-state index in [2.05, 4.69) is 16.5 Å². The van der Waals surface area contributed by atoms with E-state index < -0.39 is 29.7 Å². The van der Waals surface area contributed by atoms with E-state index in [-0.39, 0.29) is 12.1 Å². The summed E-state index contributed by atoms with van der Waals surface area (Å²) in [6.07, 6.45) is 0.283. The smallest absolute Gasteiger partial charge is 0.240 e. The molecule has 0 fully saturated rings. The Bertz CT molecular complexity index is 1100. The van der Waals surface area contributed by atoms with Gasteiger partial charge >= 0.3 is 0 Å². The van der Waals surface area contributed by atoms with Crippen LogP contribution < -0.4 is 5.32 Å². The zero-order chi connectivity index (χ0) is 21.8. The van der Waals surface area contributed by atoms with Gasteiger partial charge in [0.05, 0.1) is 35.8 Å². The number of anilines is 1. The highest BCUT2D eigenvalue weighted by atomic mass is 19.1. The minimum atomic E-state index is -1.12. The molecule has 2 aromatic carbocycles. The number of halogens is 2. The molecule has 0 saturated carbocycles. The van der Waals surface area contributed by atoms with E-state index >= 15 is 0 Å². The molecule has 0 spiro atoms. The minimum Gasteiger partial charge on any atom is -0.390 e. The normalized spacial score (nSPS) is 12.8. The molecule has 1 amide bonds. The lowest BCUT2D eigenvalue weighted by molar-refractivity contribution is -0.122. The summed E-state index contributed by atoms with van der Waals surface area (Å²) in [6.45, 7) is 3.22. The van der Waals surface area contributed by atoms with Gasteiger partial charge in [0.15, 0.2) is 0 Å². The van der Waals surface area contributed by atoms with Gasteiger partial charge in [-0.3, -0.25) is 9.48 Å². The number of aromatic nitrogens is 2. The largest absolute Gasteiger partial charge is 0.390 e. The van der Waals surface area contributed by atoms with E-state index in [1.54, 1.807) is 32.0 Å². The number of rotatable bonds is 6. The fraction of sp³-hybridized carbons (Fsp3) is 0.227. The number of carbonyl (C=O) groups is 1. The fourth-order valence-corrected chi connectivity index (χ4v) is 2.96. The van der Waals surface area contributed by atoms with E-state index in [4.69, 9.17) is 5.26 Å². The average Bonchev–Trinajstić information content (AvgIpc) is 3.08. The minimum absolute atomic E-state index is 0.0981. The van der Waals surface area contributed by atoms with Crippen LogP contribution in [0.15, 0.2) is 48.7 Å². The average molecular weight is 410 g/mol. The van der Waals surface area contributed by atoms with E-state index in [0.717, 1.165) is 5.56 Å². The molecule has 0 saturated heterocycles. The Hall–Kier alpha value is -3.57. The summed E-state index contributed by atoms with van der Waals surface area (Å²) in [5.41, 5.74) is 2.38. The van der Waals surface area contributed by atoms with Crippen LogP contribution in [0.3, 0.4) is 0 Å². The highest BCUT2D eigenvalue weighted by Crippen LogP contribution is 2.23. The molecule has 6 nitrogen and oxygen atoms in total. The summed E-state index contributed by atoms with van der Waals surface area (Å²) in [6, 6.07) is 12.3. The molecule has 3 aromatic rings. The number of carbonyl (C=O) groups excluding carboxylic acids is 1. The number of nitriles is 1. The van der Waals surface area contributed by atoms with Crippen molar-refractivity contribution in [3.63, 3.8) is 0 Å². The molecule has 0 aliphatic heterocycles. The number of aliphatic hydroxyl groups is 1. The van der Waals surface area contributed by atoms with Crippen molar-refractivity contribution in [3.8, 4) is 17.2 Å². The molecule has 0 radical (unpaired) electrons. The zero-order valence-electron chi connectivity index (χ0n) is 16.4. The van der Waals surface area contributed by atoms with Gasteiger partial charge in [0.2, 0.25) is 11.9 Å². The van der Waals surface area contributed by atoms with Gasteiger partial charge in [0.25, 0.3) is 0 Å². The standard InChI is InChI=1S/C22H20F2N4O2/c1-13-9-18(8-5-16(13)10-25)26-22(30)14(2)20(29)12-28-11-19(21(24)27-28)15-3-6-17(23)7-4-15/h3-9,11,14,20,29H,12H2,1-2H3,(H,26,30)/t14-,20?/m1/s1. The van der Waals surface area contributed by atoms with Gasteiger partial charge < -0.3 is 10.4 Å². The number of nitrogens with zero attached hydrogens (tertiary/aromatic N) is 3. The van der Waals surface area contributed by atoms with Crippen molar-refractivity contribution in [2.75, 3.05) is 5.32 Å². The van der Waals surface area contributed by atoms with Crippen LogP contribution in [0.5, 0.6) is 0 Å². The molecule has 0 aliphatic carbocycles. The van der Waals surface area contributed by atoms with Crippen LogP contribution >= 0.6 is 0 Å². The summed E-state index contributed by atoms with van der Waals surface area (Å²) in [7, 11) is 0. The fourth-order valence-electron chi connectivity index (χ4n) is 2.96. The summed E-state index contributed by atoms with van der Waals surface area (Å²) < 4.78 is 28.5. The van der Waals surface area contributed by atoms with Gasteiger partial charge in [-0.15, -0.1) is 5.10 Å². The van der Waals surface area contributed by atoms with Gasteiger partial charge in [0, 0.05) is 11.9 Å². The number of hydrogen-bond donors (Lipinski definition) is 2. The van der Waals surface area contributed by atoms with Gasteiger partial charge in [0.1, 0.15) is 5.82 Å². The number of benzene rings is 2. The maximum absolute atomic E-state index is 14.2. The second-order valence-corrected chi connectivity index (χ2v) is 7.05. The second-order valence-electron chi connectivity index (χ2n) is 7.05. The lowest BCUT2D eigenvalue weighted by Crippen LogP contribution is -2.33. The molecule has 1 aromatic heterocycles. The van der Waals surface area contributed by atoms with Crippen LogP contribution in [0, 0.1) is 35.9 Å². The van der Waals surface area contributed by atoms with E-state index in [1.807, 2.05) is 0 Å². The highest BCUT2D eigenvalue weighted by Gasteiger charge is 2.24. The third-order valence-electron chi connectivity index (χ3n) is 4.85. The molecule has 2 atom stereocenters. The Morgan fingerprint density at radius 1 is 1.27 bits per heavy atom. The summed E-state index contributed by atoms with van der Waals surface area (Å²) >= 11 is 0. The molecule has 2 N–H and O–H groups in total. The van der Waals surface area contributed by atoms with Crippen LogP contribution in [-0.4, -0.2) is 26.9 Å². The predicted molar refractivity (Wildman–Crippen MR) is 107 cm³/mol. The Morgan fingerprint density at radius 3 is 2.60 bits per heavy atom. The van der Waals surface area contributed by atoms with Crippen molar-refractivity contribution >= 4 is 11.6 Å². The Labute approximate surface area is 172 Å². The third-order valence-corrected chi connectivity index (χ3v) is 4.85. The van der Waals surface area contributed by atoms with Gasteiger partial charge in [-0.25, -0.2) is 4.39 Å². The lowest BCUT2D eigenvalue weighted by atomic mass is 10.0. The first kappa shape index (κ1) is 21.1. The third kappa shape index (κ3) is 4.70. The molecule has 3 rings (SSSR count). The molecule has 30 heavy (non-hydrogen) atoms. The molecule has 154 valence electrons. The van der Waals surface area contributed by atoms with Crippen LogP contribution in [0.25, 0.3) is 11.1 Å². The predicted octanol–water partition coefficient (Wildman–Crippen LogP) is 3.64. The lowest BCUT2D eigenvalue weighted by Gasteiger charge is -2.18. The monoisotopic (exact) mass is 410 g/mol. The van der Waals surface area contributed by atoms with Crippen molar-refractivity contribution in [1.82, 2.24) is 9.78 Å². The van der Waals surface area contributed by atoms with Gasteiger partial charge in [-0.1, -0.05) is 19.1 Å². The Morgan fingerprint density at radius 2 is 1.97 bits per heavy atom. The zero-order valence-corrected chi connectivity index (χ0v) is 16.4. The van der Waals surface area contributed by atoms with E-state index in [1.165, 1.54) is 35.1 Å². The first-order chi connectivity index (χ1) is 14.3.